The van der Waals surface area contributed by atoms with Crippen molar-refractivity contribution in [1.29, 1.82) is 0 Å². The molecule has 390 valence electrons. The zero-order chi connectivity index (χ0) is 53.4. The smallest absolute Gasteiger partial charge is 0.295 e. The monoisotopic (exact) mass is 1210 g/mol. The fourth-order valence-corrected chi connectivity index (χ4v) is 23.1. The van der Waals surface area contributed by atoms with Gasteiger partial charge < -0.3 is 29.6 Å². The van der Waals surface area contributed by atoms with Crippen LogP contribution < -0.4 is 0 Å². The van der Waals surface area contributed by atoms with Gasteiger partial charge in [-0.15, -0.1) is 0 Å². The first-order valence-electron chi connectivity index (χ1n) is 25.3. The molecule has 14 nitrogen and oxygen atoms in total. The third-order valence-electron chi connectivity index (χ3n) is 13.6. The largest absolute Gasteiger partial charge is 0.358 e. The van der Waals surface area contributed by atoms with Gasteiger partial charge in [-0.2, -0.15) is 0 Å². The maximum absolute atomic E-state index is 12.9. The van der Waals surface area contributed by atoms with E-state index in [0.29, 0.717) is 101 Å². The van der Waals surface area contributed by atoms with Crippen molar-refractivity contribution < 1.29 is 28.8 Å². The minimum atomic E-state index is -1.85. The Morgan fingerprint density at radius 1 is 0.595 bits per heavy atom. The standard InChI is InChI=1S/C22H19ClN4O3.C20H16BrClN4O3.3C4H9.C2H3.Sn/c1-2-17-19-18(16(23)13-24-17)15(12-25-19)20(28)22(30)27-10-8-26(9-11-27)21(29)14-6-4-3-5-7-14;21-18-16-15(14(22)11-24-18)13(10-23-16)17(27)20(29)26-8-6-25(7-9-26)19(28)12-4-2-1-3-5-12;3*1-3-4-2;1-2;/h2-7,12-13,25H,1,8-11H2;1-5,10-11,23H,6-9H2;3*1,3-4H2,2H3;1H,2H2;. The quantitative estimate of drug-likeness (QED) is 0.0393. The van der Waals surface area contributed by atoms with E-state index in [1.54, 1.807) is 53.5 Å². The number of hydrogen-bond donors (Lipinski definition) is 2. The molecule has 0 aliphatic carbocycles. The summed E-state index contributed by atoms with van der Waals surface area (Å²) in [5.74, 6) is -2.67. The van der Waals surface area contributed by atoms with Gasteiger partial charge in [-0.25, -0.2) is 4.98 Å². The number of Topliss-reactive ketones (excluding diaryl/α,β-unsaturated/α-hetero) is 2. The van der Waals surface area contributed by atoms with Crippen molar-refractivity contribution in [2.24, 2.45) is 0 Å². The molecule has 8 rings (SSSR count). The number of nitrogens with one attached hydrogen (secondary N) is 2. The maximum Gasteiger partial charge on any atom is 0.295 e. The third kappa shape index (κ3) is 14.0. The first-order valence-corrected chi connectivity index (χ1v) is 34.6. The number of halogens is 3. The number of pyridine rings is 2. The molecule has 0 radical (unpaired) electrons. The molecule has 4 aromatic heterocycles. The van der Waals surface area contributed by atoms with E-state index in [2.05, 4.69) is 73.9 Å². The third-order valence-corrected chi connectivity index (χ3v) is 28.8. The van der Waals surface area contributed by atoms with Gasteiger partial charge in [0.05, 0.1) is 37.9 Å². The molecule has 74 heavy (non-hydrogen) atoms. The minimum Gasteiger partial charge on any atom is -0.358 e. The molecule has 0 bridgehead atoms. The molecule has 0 saturated carbocycles. The molecule has 6 aromatic rings. The molecule has 6 heterocycles. The van der Waals surface area contributed by atoms with Crippen LogP contribution >= 0.6 is 39.1 Å². The second-order valence-corrected chi connectivity index (χ2v) is 33.2. The van der Waals surface area contributed by atoms with Crippen molar-refractivity contribution in [3.8, 4) is 0 Å². The SMILES string of the molecule is C=Cc1ncc(Cl)c2c(C(=O)C(=O)N3CCN(C(=O)c4ccccc4)CC3)c[nH]c12.C=[CH][Sn]([CH2]CCC)([CH2]CCC)[CH2]CCC.O=C(C(=O)N1CCN(C(=O)c2ccccc2)CC1)c1c[nH]c2c(Br)ncc(Cl)c12. The Kier molecular flexibility index (Phi) is 21.6. The number of fused-ring (bicyclic) bond motifs is 2. The molecule has 2 saturated heterocycles. The van der Waals surface area contributed by atoms with Crippen LogP contribution in [0.1, 0.15) is 106 Å². The van der Waals surface area contributed by atoms with E-state index in [1.807, 2.05) is 36.4 Å². The average molecular weight is 1220 g/mol. The summed E-state index contributed by atoms with van der Waals surface area (Å²) >= 11 is 13.9. The summed E-state index contributed by atoms with van der Waals surface area (Å²) in [4.78, 5) is 96.9. The molecule has 2 N–H and O–H groups in total. The number of rotatable bonds is 17. The molecular formula is C56H65BrCl2N8O6Sn. The number of unbranched alkanes of at least 4 members (excludes halogenated alkanes) is 3. The van der Waals surface area contributed by atoms with Gasteiger partial charge in [0.25, 0.3) is 35.2 Å². The maximum atomic E-state index is 12.9. The number of hydrogen-bond acceptors (Lipinski definition) is 8. The number of carbonyl (C=O) groups is 6. The van der Waals surface area contributed by atoms with Crippen molar-refractivity contribution in [3.05, 3.63) is 145 Å². The summed E-state index contributed by atoms with van der Waals surface area (Å²) in [7, 11) is 0. The Balaban J connectivity index is 0.000000192. The van der Waals surface area contributed by atoms with E-state index in [-0.39, 0.29) is 28.0 Å². The van der Waals surface area contributed by atoms with E-state index in [0.717, 1.165) is 0 Å². The van der Waals surface area contributed by atoms with Crippen LogP contribution in [0.4, 0.5) is 0 Å². The summed E-state index contributed by atoms with van der Waals surface area (Å²) in [6.45, 7) is 17.5. The van der Waals surface area contributed by atoms with Crippen LogP contribution in [0, 0.1) is 0 Å². The number of carbonyl (C=O) groups excluding carboxylic acids is 6. The van der Waals surface area contributed by atoms with Gasteiger partial charge in [-0.1, -0.05) is 66.2 Å². The summed E-state index contributed by atoms with van der Waals surface area (Å²) in [5, 5.41) is 1.49. The Labute approximate surface area is 455 Å². The van der Waals surface area contributed by atoms with Gasteiger partial charge in [0.2, 0.25) is 0 Å². The van der Waals surface area contributed by atoms with Crippen molar-refractivity contribution >= 4 is 121 Å². The van der Waals surface area contributed by atoms with Crippen molar-refractivity contribution in [1.82, 2.24) is 39.5 Å². The molecule has 4 amide bonds. The molecule has 18 heteroatoms. The molecule has 0 unspecified atom stereocenters. The van der Waals surface area contributed by atoms with Gasteiger partial charge in [0.1, 0.15) is 4.60 Å². The molecule has 0 atom stereocenters. The van der Waals surface area contributed by atoms with Gasteiger partial charge in [0, 0.05) is 99.0 Å². The Hall–Kier alpha value is -5.62. The summed E-state index contributed by atoms with van der Waals surface area (Å²) < 4.78 is 7.67. The molecule has 0 spiro atoms. The van der Waals surface area contributed by atoms with Crippen molar-refractivity contribution in [3.63, 3.8) is 0 Å². The zero-order valence-corrected chi connectivity index (χ0v) is 48.4. The van der Waals surface area contributed by atoms with E-state index < -0.39 is 41.8 Å². The fourth-order valence-electron chi connectivity index (χ4n) is 9.26. The van der Waals surface area contributed by atoms with Crippen LogP contribution in [0.2, 0.25) is 23.4 Å². The van der Waals surface area contributed by atoms with Crippen LogP contribution in [-0.4, -0.2) is 145 Å². The minimum absolute atomic E-state index is 0.0789. The first-order chi connectivity index (χ1) is 35.7. The Bertz CT molecular complexity index is 2930. The predicted molar refractivity (Wildman–Crippen MR) is 302 cm³/mol. The number of ketones is 2. The summed E-state index contributed by atoms with van der Waals surface area (Å²) in [6.07, 6.45) is 15.8. The van der Waals surface area contributed by atoms with Crippen LogP contribution in [0.5, 0.6) is 0 Å². The van der Waals surface area contributed by atoms with Gasteiger partial charge in [-0.3, -0.25) is 33.8 Å². The second-order valence-electron chi connectivity index (χ2n) is 18.4. The van der Waals surface area contributed by atoms with Crippen LogP contribution in [0.15, 0.2) is 107 Å². The van der Waals surface area contributed by atoms with Gasteiger partial charge >= 0.3 is 102 Å². The first kappa shape index (κ1) is 57.7. The molecule has 2 aromatic carbocycles. The van der Waals surface area contributed by atoms with Crippen LogP contribution in [0.25, 0.3) is 27.9 Å². The number of aromatic amines is 2. The Morgan fingerprint density at radius 3 is 1.36 bits per heavy atom. The average Bonchev–Trinajstić information content (AvgIpc) is 4.12. The zero-order valence-electron chi connectivity index (χ0n) is 42.4. The predicted octanol–water partition coefficient (Wildman–Crippen LogP) is 11.7. The Morgan fingerprint density at radius 2 is 0.973 bits per heavy atom. The van der Waals surface area contributed by atoms with Gasteiger partial charge in [-0.05, 0) is 46.3 Å². The second kappa shape index (κ2) is 27.8. The number of piperazine rings is 2. The fraction of sp³-hybridized carbons (Fsp3) is 0.357. The van der Waals surface area contributed by atoms with E-state index in [1.165, 1.54) is 73.1 Å². The van der Waals surface area contributed by atoms with E-state index in [9.17, 15) is 28.8 Å². The van der Waals surface area contributed by atoms with Crippen LogP contribution in [0.3, 0.4) is 0 Å². The number of H-pyrrole nitrogens is 2. The van der Waals surface area contributed by atoms with Crippen molar-refractivity contribution in [2.45, 2.75) is 72.6 Å². The number of aromatic nitrogens is 4. The summed E-state index contributed by atoms with van der Waals surface area (Å²) in [6, 6.07) is 18.0. The van der Waals surface area contributed by atoms with E-state index >= 15 is 0 Å². The molecule has 2 fully saturated rings. The molecular weight excluding hydrogens is 1150 g/mol. The summed E-state index contributed by atoms with van der Waals surface area (Å²) in [5.41, 5.74) is 3.30. The normalized spacial score (nSPS) is 13.6. The van der Waals surface area contributed by atoms with Crippen molar-refractivity contribution in [2.75, 3.05) is 52.4 Å². The van der Waals surface area contributed by atoms with E-state index in [4.69, 9.17) is 23.2 Å². The number of benzene rings is 2. The van der Waals surface area contributed by atoms with Gasteiger partial charge in [0.15, 0.2) is 0 Å². The molecule has 2 aliphatic heterocycles. The molecule has 2 aliphatic rings. The van der Waals surface area contributed by atoms with Crippen LogP contribution in [-0.2, 0) is 9.59 Å². The number of nitrogens with zero attached hydrogens (tertiary/aromatic N) is 6. The number of amides is 4. The topological polar surface area (TPSA) is 173 Å².